The van der Waals surface area contributed by atoms with Gasteiger partial charge in [-0.05, 0) is 20.3 Å². The minimum atomic E-state index is 0.292. The van der Waals surface area contributed by atoms with Crippen molar-refractivity contribution in [3.05, 3.63) is 0 Å². The average Bonchev–Trinajstić information content (AvgIpc) is 2.77. The molecule has 0 N–H and O–H groups in total. The highest BCUT2D eigenvalue weighted by atomic mass is 16.2. The fourth-order valence-electron chi connectivity index (χ4n) is 1.16. The van der Waals surface area contributed by atoms with E-state index < -0.39 is 0 Å². The number of carbonyl (C=O) groups excluding carboxylic acids is 3. The van der Waals surface area contributed by atoms with Crippen molar-refractivity contribution < 1.29 is 14.4 Å². The molecule has 1 aliphatic rings. The van der Waals surface area contributed by atoms with Gasteiger partial charge in [-0.15, -0.1) is 0 Å². The Bertz CT molecular complexity index is 254. The summed E-state index contributed by atoms with van der Waals surface area (Å²) in [5, 5.41) is 0. The lowest BCUT2D eigenvalue weighted by molar-refractivity contribution is -0.126. The maximum Gasteiger partial charge on any atom is 0.222 e. The van der Waals surface area contributed by atoms with E-state index in [4.69, 9.17) is 0 Å². The molecule has 0 aromatic rings. The number of hydrogen-bond donors (Lipinski definition) is 0. The zero-order valence-electron chi connectivity index (χ0n) is 12.8. The number of likely N-dealkylation sites (tertiary alicyclic amines) is 1. The van der Waals surface area contributed by atoms with Gasteiger partial charge in [0.15, 0.2) is 0 Å². The molecule has 0 spiro atoms. The van der Waals surface area contributed by atoms with Gasteiger partial charge in [-0.1, -0.05) is 0 Å². The van der Waals surface area contributed by atoms with Gasteiger partial charge in [0, 0.05) is 47.2 Å². The minimum Gasteiger partial charge on any atom is -0.351 e. The molecule has 1 rings (SSSR count). The largest absolute Gasteiger partial charge is 0.351 e. The number of amides is 3. The summed E-state index contributed by atoms with van der Waals surface area (Å²) in [6, 6.07) is 0. The van der Waals surface area contributed by atoms with Crippen LogP contribution in [0.25, 0.3) is 0 Å². The van der Waals surface area contributed by atoms with Crippen LogP contribution in [0.3, 0.4) is 0 Å². The molecule has 0 aromatic carbocycles. The second-order valence-corrected chi connectivity index (χ2v) is 4.31. The van der Waals surface area contributed by atoms with E-state index in [1.54, 1.807) is 23.9 Å². The van der Waals surface area contributed by atoms with Gasteiger partial charge in [0.2, 0.25) is 18.7 Å². The van der Waals surface area contributed by atoms with Crippen LogP contribution in [-0.4, -0.2) is 74.2 Å². The molecule has 19 heavy (non-hydrogen) atoms. The van der Waals surface area contributed by atoms with E-state index in [9.17, 15) is 14.4 Å². The van der Waals surface area contributed by atoms with Crippen LogP contribution >= 0.6 is 0 Å². The first kappa shape index (κ1) is 19.7. The van der Waals surface area contributed by atoms with Gasteiger partial charge in [-0.25, -0.2) is 0 Å². The molecule has 0 atom stereocenters. The van der Waals surface area contributed by atoms with Crippen LogP contribution < -0.4 is 0 Å². The first-order valence-electron chi connectivity index (χ1n) is 6.47. The van der Waals surface area contributed by atoms with Crippen LogP contribution in [0.4, 0.5) is 0 Å². The Morgan fingerprint density at radius 3 is 1.68 bits per heavy atom. The zero-order chi connectivity index (χ0) is 15.3. The van der Waals surface area contributed by atoms with Crippen LogP contribution in [0.1, 0.15) is 26.7 Å². The number of hydrogen-bond acceptors (Lipinski definition) is 3. The Balaban J connectivity index is 0. The number of nitrogens with zero attached hydrogens (tertiary/aromatic N) is 3. The van der Waals surface area contributed by atoms with E-state index in [-0.39, 0.29) is 0 Å². The molecule has 0 aliphatic carbocycles. The first-order chi connectivity index (χ1) is 8.92. The van der Waals surface area contributed by atoms with E-state index in [2.05, 4.69) is 0 Å². The third-order valence-corrected chi connectivity index (χ3v) is 2.48. The van der Waals surface area contributed by atoms with Crippen molar-refractivity contribution in [1.29, 1.82) is 0 Å². The molecular formula is C13H27N3O3. The summed E-state index contributed by atoms with van der Waals surface area (Å²) in [6.07, 6.45) is 3.42. The Hall–Kier alpha value is -1.59. The molecule has 112 valence electrons. The van der Waals surface area contributed by atoms with Crippen LogP contribution in [0.15, 0.2) is 0 Å². The molecule has 0 saturated carbocycles. The van der Waals surface area contributed by atoms with Crippen LogP contribution in [0.2, 0.25) is 0 Å². The van der Waals surface area contributed by atoms with Crippen molar-refractivity contribution >= 4 is 18.7 Å². The summed E-state index contributed by atoms with van der Waals surface area (Å²) in [5.41, 5.74) is 0. The third-order valence-electron chi connectivity index (χ3n) is 2.48. The number of carbonyl (C=O) groups is 3. The SMILES string of the molecule is CCN(C=O)CC.CN(C)C=O.CN1CCCC1=O. The normalized spacial score (nSPS) is 12.7. The molecule has 1 heterocycles. The number of rotatable bonds is 4. The monoisotopic (exact) mass is 273 g/mol. The summed E-state index contributed by atoms with van der Waals surface area (Å²) in [6.45, 7) is 6.51. The summed E-state index contributed by atoms with van der Waals surface area (Å²) < 4.78 is 0. The van der Waals surface area contributed by atoms with Crippen LogP contribution in [-0.2, 0) is 14.4 Å². The van der Waals surface area contributed by atoms with Crippen molar-refractivity contribution in [2.24, 2.45) is 0 Å². The Morgan fingerprint density at radius 1 is 1.16 bits per heavy atom. The smallest absolute Gasteiger partial charge is 0.222 e. The van der Waals surface area contributed by atoms with Crippen molar-refractivity contribution in [1.82, 2.24) is 14.7 Å². The summed E-state index contributed by atoms with van der Waals surface area (Å²) in [5.74, 6) is 0.292. The lowest BCUT2D eigenvalue weighted by Crippen LogP contribution is -2.19. The predicted molar refractivity (Wildman–Crippen MR) is 75.6 cm³/mol. The molecule has 1 aliphatic heterocycles. The molecule has 1 saturated heterocycles. The lowest BCUT2D eigenvalue weighted by Gasteiger charge is -2.08. The summed E-state index contributed by atoms with van der Waals surface area (Å²) in [4.78, 5) is 34.7. The predicted octanol–water partition coefficient (Wildman–Crippen LogP) is 0.428. The molecule has 0 unspecified atom stereocenters. The summed E-state index contributed by atoms with van der Waals surface area (Å²) >= 11 is 0. The fourth-order valence-corrected chi connectivity index (χ4v) is 1.16. The zero-order valence-corrected chi connectivity index (χ0v) is 12.8. The van der Waals surface area contributed by atoms with Gasteiger partial charge in [0.25, 0.3) is 0 Å². The van der Waals surface area contributed by atoms with Gasteiger partial charge in [-0.2, -0.15) is 0 Å². The fraction of sp³-hybridized carbons (Fsp3) is 0.769. The molecule has 0 bridgehead atoms. The molecule has 6 nitrogen and oxygen atoms in total. The molecule has 6 heteroatoms. The Morgan fingerprint density at radius 2 is 1.63 bits per heavy atom. The van der Waals surface area contributed by atoms with Gasteiger partial charge >= 0.3 is 0 Å². The Kier molecular flexibility index (Phi) is 13.4. The van der Waals surface area contributed by atoms with E-state index in [1.807, 2.05) is 20.9 Å². The second-order valence-electron chi connectivity index (χ2n) is 4.31. The van der Waals surface area contributed by atoms with Crippen molar-refractivity contribution in [3.8, 4) is 0 Å². The average molecular weight is 273 g/mol. The molecule has 0 aromatic heterocycles. The second kappa shape index (κ2) is 12.9. The third kappa shape index (κ3) is 12.7. The van der Waals surface area contributed by atoms with E-state index in [1.165, 1.54) is 4.90 Å². The topological polar surface area (TPSA) is 60.9 Å². The van der Waals surface area contributed by atoms with E-state index in [0.717, 1.165) is 45.3 Å². The maximum absolute atomic E-state index is 10.5. The van der Waals surface area contributed by atoms with Crippen LogP contribution in [0.5, 0.6) is 0 Å². The summed E-state index contributed by atoms with van der Waals surface area (Å²) in [7, 11) is 5.22. The molecule has 0 radical (unpaired) electrons. The highest BCUT2D eigenvalue weighted by molar-refractivity contribution is 5.77. The van der Waals surface area contributed by atoms with Crippen LogP contribution in [0, 0.1) is 0 Å². The van der Waals surface area contributed by atoms with E-state index >= 15 is 0 Å². The standard InChI is InChI=1S/C5H9NO.C5H11NO.C3H7NO/c1-6-4-2-3-5(6)7;1-3-6(4-2)5-7;1-4(2)3-5/h2-4H2,1H3;5H,3-4H2,1-2H3;3H,1-2H3. The van der Waals surface area contributed by atoms with Crippen molar-refractivity contribution in [2.75, 3.05) is 40.8 Å². The van der Waals surface area contributed by atoms with Gasteiger partial charge in [0.05, 0.1) is 0 Å². The van der Waals surface area contributed by atoms with Crippen molar-refractivity contribution in [3.63, 3.8) is 0 Å². The molecule has 3 amide bonds. The highest BCUT2D eigenvalue weighted by Gasteiger charge is 2.14. The Labute approximate surface area is 116 Å². The highest BCUT2D eigenvalue weighted by Crippen LogP contribution is 2.04. The lowest BCUT2D eigenvalue weighted by atomic mass is 10.4. The van der Waals surface area contributed by atoms with E-state index in [0.29, 0.717) is 5.91 Å². The van der Waals surface area contributed by atoms with Crippen molar-refractivity contribution in [2.45, 2.75) is 26.7 Å². The quantitative estimate of drug-likeness (QED) is 0.698. The van der Waals surface area contributed by atoms with Gasteiger partial charge in [-0.3, -0.25) is 14.4 Å². The molecule has 1 fully saturated rings. The maximum atomic E-state index is 10.5. The molecular weight excluding hydrogens is 246 g/mol. The van der Waals surface area contributed by atoms with Gasteiger partial charge < -0.3 is 14.7 Å². The van der Waals surface area contributed by atoms with Gasteiger partial charge in [0.1, 0.15) is 0 Å². The minimum absolute atomic E-state index is 0.292. The first-order valence-corrected chi connectivity index (χ1v) is 6.47.